The van der Waals surface area contributed by atoms with Gasteiger partial charge < -0.3 is 5.73 Å². The fourth-order valence-corrected chi connectivity index (χ4v) is 3.38. The molecular weight excluding hydrogens is 254 g/mol. The van der Waals surface area contributed by atoms with Crippen molar-refractivity contribution in [3.63, 3.8) is 0 Å². The van der Waals surface area contributed by atoms with Gasteiger partial charge in [0.2, 0.25) is 0 Å². The van der Waals surface area contributed by atoms with Gasteiger partial charge in [0.15, 0.2) is 11.6 Å². The number of hydrogen-bond acceptors (Lipinski definition) is 3. The summed E-state index contributed by atoms with van der Waals surface area (Å²) in [4.78, 5) is 2.26. The number of thioether (sulfide) groups is 1. The highest BCUT2D eigenvalue weighted by Gasteiger charge is 2.25. The number of nitrogens with two attached hydrogens (primary N) is 1. The highest BCUT2D eigenvalue weighted by molar-refractivity contribution is 7.99. The Kier molecular flexibility index (Phi) is 4.59. The second-order valence-electron chi connectivity index (χ2n) is 4.60. The van der Waals surface area contributed by atoms with Gasteiger partial charge in [-0.05, 0) is 17.7 Å². The standard InChI is InChI=1S/C13H18F2N2S/c1-9-8-17(4-5-18-9)13(7-16)10-2-3-11(14)12(15)6-10/h2-3,6,9,13H,4-5,7-8,16H2,1H3. The van der Waals surface area contributed by atoms with E-state index in [1.54, 1.807) is 6.07 Å². The average Bonchev–Trinajstić information content (AvgIpc) is 2.35. The van der Waals surface area contributed by atoms with Crippen LogP contribution in [-0.4, -0.2) is 35.5 Å². The van der Waals surface area contributed by atoms with Gasteiger partial charge in [-0.15, -0.1) is 0 Å². The third kappa shape index (κ3) is 3.02. The summed E-state index contributed by atoms with van der Waals surface area (Å²) in [7, 11) is 0. The molecule has 2 nitrogen and oxygen atoms in total. The van der Waals surface area contributed by atoms with Gasteiger partial charge in [0.25, 0.3) is 0 Å². The third-order valence-electron chi connectivity index (χ3n) is 3.26. The van der Waals surface area contributed by atoms with Gasteiger partial charge in [0, 0.05) is 36.7 Å². The number of nitrogens with zero attached hydrogens (tertiary/aromatic N) is 1. The van der Waals surface area contributed by atoms with Crippen molar-refractivity contribution in [2.24, 2.45) is 5.73 Å². The van der Waals surface area contributed by atoms with E-state index >= 15 is 0 Å². The summed E-state index contributed by atoms with van der Waals surface area (Å²) in [5.74, 6) is -0.552. The molecule has 1 fully saturated rings. The molecule has 0 amide bonds. The van der Waals surface area contributed by atoms with Crippen LogP contribution in [0.15, 0.2) is 18.2 Å². The van der Waals surface area contributed by atoms with Crippen molar-refractivity contribution < 1.29 is 8.78 Å². The topological polar surface area (TPSA) is 29.3 Å². The fourth-order valence-electron chi connectivity index (χ4n) is 2.34. The molecule has 2 atom stereocenters. The van der Waals surface area contributed by atoms with Crippen LogP contribution in [0.25, 0.3) is 0 Å². The van der Waals surface area contributed by atoms with Crippen molar-refractivity contribution in [2.45, 2.75) is 18.2 Å². The van der Waals surface area contributed by atoms with Crippen molar-refractivity contribution in [1.29, 1.82) is 0 Å². The number of halogens is 2. The zero-order chi connectivity index (χ0) is 13.1. The van der Waals surface area contributed by atoms with Gasteiger partial charge in [-0.25, -0.2) is 8.78 Å². The molecule has 1 aromatic rings. The second kappa shape index (κ2) is 5.99. The van der Waals surface area contributed by atoms with Crippen LogP contribution in [0.5, 0.6) is 0 Å². The molecule has 18 heavy (non-hydrogen) atoms. The first-order chi connectivity index (χ1) is 8.61. The van der Waals surface area contributed by atoms with Gasteiger partial charge in [-0.1, -0.05) is 13.0 Å². The Morgan fingerprint density at radius 1 is 1.44 bits per heavy atom. The molecule has 1 aromatic carbocycles. The number of hydrogen-bond donors (Lipinski definition) is 1. The van der Waals surface area contributed by atoms with Crippen LogP contribution in [0.2, 0.25) is 0 Å². The number of rotatable bonds is 3. The van der Waals surface area contributed by atoms with E-state index < -0.39 is 11.6 Å². The van der Waals surface area contributed by atoms with E-state index in [0.717, 1.165) is 24.4 Å². The lowest BCUT2D eigenvalue weighted by Gasteiger charge is -2.36. The summed E-state index contributed by atoms with van der Waals surface area (Å²) in [6.07, 6.45) is 0. The lowest BCUT2D eigenvalue weighted by atomic mass is 10.0. The summed E-state index contributed by atoms with van der Waals surface area (Å²) in [6.45, 7) is 4.47. The maximum absolute atomic E-state index is 13.3. The van der Waals surface area contributed by atoms with Crippen LogP contribution in [0.1, 0.15) is 18.5 Å². The van der Waals surface area contributed by atoms with Gasteiger partial charge in [-0.3, -0.25) is 4.90 Å². The smallest absolute Gasteiger partial charge is 0.159 e. The highest BCUT2D eigenvalue weighted by Crippen LogP contribution is 2.27. The Bertz CT molecular complexity index is 414. The van der Waals surface area contributed by atoms with Gasteiger partial charge in [0.1, 0.15) is 0 Å². The van der Waals surface area contributed by atoms with E-state index in [1.807, 2.05) is 11.8 Å². The Balaban J connectivity index is 2.18. The Hall–Kier alpha value is -0.650. The molecule has 0 spiro atoms. The zero-order valence-corrected chi connectivity index (χ0v) is 11.2. The summed E-state index contributed by atoms with van der Waals surface area (Å²) >= 11 is 1.93. The normalized spacial score (nSPS) is 23.0. The van der Waals surface area contributed by atoms with Gasteiger partial charge >= 0.3 is 0 Å². The van der Waals surface area contributed by atoms with E-state index in [-0.39, 0.29) is 6.04 Å². The monoisotopic (exact) mass is 272 g/mol. The fraction of sp³-hybridized carbons (Fsp3) is 0.538. The largest absolute Gasteiger partial charge is 0.329 e. The van der Waals surface area contributed by atoms with E-state index in [9.17, 15) is 8.78 Å². The lowest BCUT2D eigenvalue weighted by Crippen LogP contribution is -2.42. The van der Waals surface area contributed by atoms with E-state index in [1.165, 1.54) is 12.1 Å². The highest BCUT2D eigenvalue weighted by atomic mass is 32.2. The average molecular weight is 272 g/mol. The maximum Gasteiger partial charge on any atom is 0.159 e. The minimum atomic E-state index is -0.808. The molecule has 0 aromatic heterocycles. The van der Waals surface area contributed by atoms with Crippen molar-refractivity contribution in [3.05, 3.63) is 35.4 Å². The van der Waals surface area contributed by atoms with Crippen LogP contribution in [0, 0.1) is 11.6 Å². The van der Waals surface area contributed by atoms with Crippen molar-refractivity contribution in [1.82, 2.24) is 4.90 Å². The molecule has 1 heterocycles. The molecule has 100 valence electrons. The molecule has 2 unspecified atom stereocenters. The Morgan fingerprint density at radius 2 is 2.22 bits per heavy atom. The van der Waals surface area contributed by atoms with Gasteiger partial charge in [-0.2, -0.15) is 11.8 Å². The van der Waals surface area contributed by atoms with Crippen molar-refractivity contribution >= 4 is 11.8 Å². The molecule has 2 rings (SSSR count). The maximum atomic E-state index is 13.3. The molecule has 2 N–H and O–H groups in total. The Labute approximate surface area is 111 Å². The van der Waals surface area contributed by atoms with Crippen LogP contribution in [0.3, 0.4) is 0 Å². The van der Waals surface area contributed by atoms with E-state index in [0.29, 0.717) is 11.8 Å². The molecule has 1 aliphatic rings. The summed E-state index contributed by atoms with van der Waals surface area (Å²) in [5, 5.41) is 0.554. The van der Waals surface area contributed by atoms with Gasteiger partial charge in [0.05, 0.1) is 0 Å². The first-order valence-corrected chi connectivity index (χ1v) is 7.17. The number of benzene rings is 1. The quantitative estimate of drug-likeness (QED) is 0.916. The zero-order valence-electron chi connectivity index (χ0n) is 10.4. The van der Waals surface area contributed by atoms with Crippen molar-refractivity contribution in [2.75, 3.05) is 25.4 Å². The first-order valence-electron chi connectivity index (χ1n) is 6.12. The molecule has 1 saturated heterocycles. The van der Waals surface area contributed by atoms with Crippen LogP contribution >= 0.6 is 11.8 Å². The molecule has 0 saturated carbocycles. The second-order valence-corrected chi connectivity index (χ2v) is 6.15. The van der Waals surface area contributed by atoms with Crippen LogP contribution in [-0.2, 0) is 0 Å². The summed E-state index contributed by atoms with van der Waals surface area (Å²) < 4.78 is 26.2. The van der Waals surface area contributed by atoms with E-state index in [2.05, 4.69) is 11.8 Å². The molecule has 5 heteroatoms. The van der Waals surface area contributed by atoms with Crippen LogP contribution < -0.4 is 5.73 Å². The minimum absolute atomic E-state index is 0.0246. The predicted molar refractivity (Wildman–Crippen MR) is 71.6 cm³/mol. The Morgan fingerprint density at radius 3 is 2.83 bits per heavy atom. The van der Waals surface area contributed by atoms with E-state index in [4.69, 9.17) is 5.73 Å². The third-order valence-corrected chi connectivity index (χ3v) is 4.40. The SMILES string of the molecule is CC1CN(C(CN)c2ccc(F)c(F)c2)CCS1. The molecule has 0 radical (unpaired) electrons. The minimum Gasteiger partial charge on any atom is -0.329 e. The molecule has 0 aliphatic carbocycles. The van der Waals surface area contributed by atoms with Crippen molar-refractivity contribution in [3.8, 4) is 0 Å². The predicted octanol–water partition coefficient (Wildman–Crippen LogP) is 2.40. The summed E-state index contributed by atoms with van der Waals surface area (Å²) in [5.41, 5.74) is 6.56. The first kappa shape index (κ1) is 13.8. The van der Waals surface area contributed by atoms with Crippen LogP contribution in [0.4, 0.5) is 8.78 Å². The lowest BCUT2D eigenvalue weighted by molar-refractivity contribution is 0.210. The molecule has 0 bridgehead atoms. The molecular formula is C13H18F2N2S. The molecule has 1 aliphatic heterocycles. The summed E-state index contributed by atoms with van der Waals surface area (Å²) in [6, 6.07) is 4.04.